The Labute approximate surface area is 140 Å². The molecule has 0 amide bonds. The lowest BCUT2D eigenvalue weighted by molar-refractivity contribution is 0.454. The number of ether oxygens (including phenoxy) is 1. The van der Waals surface area contributed by atoms with E-state index in [1.165, 1.54) is 25.0 Å². The van der Waals surface area contributed by atoms with Gasteiger partial charge in [0.15, 0.2) is 0 Å². The van der Waals surface area contributed by atoms with E-state index in [4.69, 9.17) is 10.5 Å². The van der Waals surface area contributed by atoms with E-state index in [-0.39, 0.29) is 5.69 Å². The number of nitrogen functional groups attached to an aromatic ring is 1. The number of anilines is 1. The van der Waals surface area contributed by atoms with Crippen LogP contribution in [-0.4, -0.2) is 15.5 Å². The SMILES string of the molecule is C=C/C(=C\N=C(/C)C1CC1)n1ccc(Oc2ccc(N)c(F)c2)n1. The largest absolute Gasteiger partial charge is 0.437 e. The Morgan fingerprint density at radius 1 is 1.46 bits per heavy atom. The van der Waals surface area contributed by atoms with Gasteiger partial charge >= 0.3 is 0 Å². The number of benzene rings is 1. The number of allylic oxidation sites excluding steroid dienone is 2. The van der Waals surface area contributed by atoms with E-state index in [0.29, 0.717) is 17.5 Å². The number of rotatable bonds is 6. The lowest BCUT2D eigenvalue weighted by Crippen LogP contribution is -1.97. The van der Waals surface area contributed by atoms with Gasteiger partial charge < -0.3 is 10.5 Å². The Kier molecular flexibility index (Phi) is 4.46. The van der Waals surface area contributed by atoms with E-state index in [0.717, 1.165) is 11.4 Å². The molecule has 0 saturated heterocycles. The van der Waals surface area contributed by atoms with E-state index in [1.807, 2.05) is 6.92 Å². The lowest BCUT2D eigenvalue weighted by atomic mass is 10.3. The standard InChI is InChI=1S/C18H19FN4O/c1-3-14(11-21-12(2)13-4-5-13)23-9-8-18(22-23)24-15-6-7-17(20)16(19)10-15/h3,6-11,13H,1,4-5,20H2,2H3/b14-11+,21-12+. The van der Waals surface area contributed by atoms with Crippen molar-refractivity contribution in [2.45, 2.75) is 19.8 Å². The maximum atomic E-state index is 13.4. The quantitative estimate of drug-likeness (QED) is 0.490. The summed E-state index contributed by atoms with van der Waals surface area (Å²) in [6.45, 7) is 5.82. The highest BCUT2D eigenvalue weighted by Crippen LogP contribution is 2.30. The van der Waals surface area contributed by atoms with Crippen molar-refractivity contribution in [3.8, 4) is 11.6 Å². The molecule has 24 heavy (non-hydrogen) atoms. The summed E-state index contributed by atoms with van der Waals surface area (Å²) >= 11 is 0. The van der Waals surface area contributed by atoms with Crippen LogP contribution in [0.15, 0.2) is 54.3 Å². The molecule has 0 radical (unpaired) electrons. The maximum Gasteiger partial charge on any atom is 0.238 e. The van der Waals surface area contributed by atoms with Gasteiger partial charge in [0.05, 0.1) is 17.6 Å². The molecule has 0 aliphatic heterocycles. The molecule has 3 rings (SSSR count). The normalized spacial score (nSPS) is 15.4. The molecule has 1 aliphatic rings. The summed E-state index contributed by atoms with van der Waals surface area (Å²) in [4.78, 5) is 4.47. The molecule has 124 valence electrons. The van der Waals surface area contributed by atoms with Crippen molar-refractivity contribution in [1.29, 1.82) is 0 Å². The van der Waals surface area contributed by atoms with Crippen LogP contribution in [0.4, 0.5) is 10.1 Å². The van der Waals surface area contributed by atoms with Crippen molar-refractivity contribution in [3.63, 3.8) is 0 Å². The zero-order valence-corrected chi connectivity index (χ0v) is 13.4. The lowest BCUT2D eigenvalue weighted by Gasteiger charge is -2.04. The maximum absolute atomic E-state index is 13.4. The van der Waals surface area contributed by atoms with Crippen LogP contribution in [0.5, 0.6) is 11.6 Å². The zero-order chi connectivity index (χ0) is 17.1. The van der Waals surface area contributed by atoms with Crippen molar-refractivity contribution in [2.75, 3.05) is 5.73 Å². The first-order valence-electron chi connectivity index (χ1n) is 7.72. The number of aromatic nitrogens is 2. The van der Waals surface area contributed by atoms with E-state index in [2.05, 4.69) is 16.7 Å². The van der Waals surface area contributed by atoms with Crippen LogP contribution < -0.4 is 10.5 Å². The third-order valence-electron chi connectivity index (χ3n) is 3.80. The molecule has 2 aromatic rings. The predicted molar refractivity (Wildman–Crippen MR) is 93.4 cm³/mol. The van der Waals surface area contributed by atoms with Gasteiger partial charge in [0.25, 0.3) is 0 Å². The number of hydrogen-bond donors (Lipinski definition) is 1. The van der Waals surface area contributed by atoms with E-state index in [1.54, 1.807) is 35.3 Å². The molecule has 5 nitrogen and oxygen atoms in total. The van der Waals surface area contributed by atoms with Crippen LogP contribution in [0.25, 0.3) is 5.70 Å². The molecule has 0 bridgehead atoms. The van der Waals surface area contributed by atoms with E-state index >= 15 is 0 Å². The molecule has 1 fully saturated rings. The van der Waals surface area contributed by atoms with Gasteiger partial charge in [0.2, 0.25) is 5.88 Å². The van der Waals surface area contributed by atoms with Gasteiger partial charge in [-0.3, -0.25) is 4.99 Å². The van der Waals surface area contributed by atoms with Crippen LogP contribution in [0, 0.1) is 11.7 Å². The minimum atomic E-state index is -0.525. The van der Waals surface area contributed by atoms with Gasteiger partial charge in [-0.15, -0.1) is 5.10 Å². The summed E-state index contributed by atoms with van der Waals surface area (Å²) < 4.78 is 20.6. The van der Waals surface area contributed by atoms with Crippen molar-refractivity contribution >= 4 is 17.1 Å². The molecule has 1 aliphatic carbocycles. The summed E-state index contributed by atoms with van der Waals surface area (Å²) in [7, 11) is 0. The fraction of sp³-hybridized carbons (Fsp3) is 0.222. The number of nitrogens with zero attached hydrogens (tertiary/aromatic N) is 3. The Hall–Kier alpha value is -2.89. The molecular formula is C18H19FN4O. The molecular weight excluding hydrogens is 307 g/mol. The van der Waals surface area contributed by atoms with Crippen molar-refractivity contribution in [1.82, 2.24) is 9.78 Å². The summed E-state index contributed by atoms with van der Waals surface area (Å²) in [5, 5.41) is 4.30. The zero-order valence-electron chi connectivity index (χ0n) is 13.4. The topological polar surface area (TPSA) is 65.4 Å². The Balaban J connectivity index is 1.75. The third kappa shape index (κ3) is 3.71. The smallest absolute Gasteiger partial charge is 0.238 e. The average molecular weight is 326 g/mol. The molecule has 6 heteroatoms. The van der Waals surface area contributed by atoms with Crippen molar-refractivity contribution in [2.24, 2.45) is 10.9 Å². The Bertz CT molecular complexity index is 818. The minimum Gasteiger partial charge on any atom is -0.437 e. The minimum absolute atomic E-state index is 0.0775. The first-order chi connectivity index (χ1) is 11.6. The summed E-state index contributed by atoms with van der Waals surface area (Å²) in [6, 6.07) is 5.95. The van der Waals surface area contributed by atoms with E-state index in [9.17, 15) is 4.39 Å². The van der Waals surface area contributed by atoms with Gasteiger partial charge in [0, 0.05) is 24.0 Å². The van der Waals surface area contributed by atoms with Crippen LogP contribution >= 0.6 is 0 Å². The second kappa shape index (κ2) is 6.70. The molecule has 0 unspecified atom stereocenters. The van der Waals surface area contributed by atoms with Gasteiger partial charge in [-0.2, -0.15) is 0 Å². The molecule has 1 heterocycles. The van der Waals surface area contributed by atoms with Crippen LogP contribution in [0.3, 0.4) is 0 Å². The molecule has 0 spiro atoms. The second-order valence-electron chi connectivity index (χ2n) is 5.69. The number of nitrogens with two attached hydrogens (primary N) is 1. The molecule has 1 aromatic carbocycles. The van der Waals surface area contributed by atoms with Crippen molar-refractivity contribution in [3.05, 3.63) is 55.1 Å². The van der Waals surface area contributed by atoms with Crippen LogP contribution in [0.2, 0.25) is 0 Å². The van der Waals surface area contributed by atoms with Crippen molar-refractivity contribution < 1.29 is 9.13 Å². The Morgan fingerprint density at radius 3 is 2.92 bits per heavy atom. The number of aliphatic imine (C=N–C) groups is 1. The second-order valence-corrected chi connectivity index (χ2v) is 5.69. The fourth-order valence-corrected chi connectivity index (χ4v) is 2.18. The number of halogens is 1. The number of hydrogen-bond acceptors (Lipinski definition) is 4. The molecule has 1 saturated carbocycles. The average Bonchev–Trinajstić information content (AvgIpc) is 3.32. The highest BCUT2D eigenvalue weighted by Gasteiger charge is 2.23. The highest BCUT2D eigenvalue weighted by molar-refractivity contribution is 5.87. The van der Waals surface area contributed by atoms with Crippen LogP contribution in [0.1, 0.15) is 19.8 Å². The van der Waals surface area contributed by atoms with Gasteiger partial charge in [-0.05, 0) is 43.9 Å². The van der Waals surface area contributed by atoms with Gasteiger partial charge in [0.1, 0.15) is 11.6 Å². The fourth-order valence-electron chi connectivity index (χ4n) is 2.18. The monoisotopic (exact) mass is 326 g/mol. The highest BCUT2D eigenvalue weighted by atomic mass is 19.1. The summed E-state index contributed by atoms with van der Waals surface area (Å²) in [6.07, 6.45) is 7.57. The first-order valence-corrected chi connectivity index (χ1v) is 7.72. The molecule has 2 N–H and O–H groups in total. The molecule has 0 atom stereocenters. The van der Waals surface area contributed by atoms with Crippen LogP contribution in [-0.2, 0) is 0 Å². The molecule has 1 aromatic heterocycles. The third-order valence-corrected chi connectivity index (χ3v) is 3.80. The summed E-state index contributed by atoms with van der Waals surface area (Å²) in [5.41, 5.74) is 7.37. The first kappa shape index (κ1) is 16.0. The van der Waals surface area contributed by atoms with Gasteiger partial charge in [-0.25, -0.2) is 9.07 Å². The van der Waals surface area contributed by atoms with Gasteiger partial charge in [-0.1, -0.05) is 6.58 Å². The Morgan fingerprint density at radius 2 is 2.25 bits per heavy atom. The predicted octanol–water partition coefficient (Wildman–Crippen LogP) is 4.25. The summed E-state index contributed by atoms with van der Waals surface area (Å²) in [5.74, 6) is 0.765. The van der Waals surface area contributed by atoms with E-state index < -0.39 is 5.82 Å².